The van der Waals surface area contributed by atoms with Gasteiger partial charge >= 0.3 is 17.9 Å². The quantitative estimate of drug-likeness (QED) is 0.150. The molecule has 198 valence electrons. The van der Waals surface area contributed by atoms with E-state index in [0.29, 0.717) is 24.0 Å². The summed E-state index contributed by atoms with van der Waals surface area (Å²) in [6.45, 7) is 4.37. The van der Waals surface area contributed by atoms with Crippen molar-refractivity contribution in [2.75, 3.05) is 0 Å². The van der Waals surface area contributed by atoms with Crippen molar-refractivity contribution in [3.63, 3.8) is 0 Å². The fraction of sp³-hybridized carbons (Fsp3) is 0.690. The zero-order chi connectivity index (χ0) is 26.1. The van der Waals surface area contributed by atoms with Crippen LogP contribution in [-0.4, -0.2) is 33.2 Å². The molecule has 1 aromatic rings. The van der Waals surface area contributed by atoms with Gasteiger partial charge in [-0.15, -0.1) is 0 Å². The van der Waals surface area contributed by atoms with Crippen LogP contribution >= 0.6 is 0 Å². The van der Waals surface area contributed by atoms with Crippen LogP contribution in [0.25, 0.3) is 0 Å². The number of hydrogen-bond donors (Lipinski definition) is 3. The maximum atomic E-state index is 12.1. The van der Waals surface area contributed by atoms with Crippen LogP contribution in [0.5, 0.6) is 0 Å². The number of aromatic carboxylic acids is 3. The molecule has 0 atom stereocenters. The molecule has 0 aliphatic carbocycles. The van der Waals surface area contributed by atoms with Crippen molar-refractivity contribution >= 4 is 17.9 Å². The van der Waals surface area contributed by atoms with E-state index in [1.807, 2.05) is 0 Å². The summed E-state index contributed by atoms with van der Waals surface area (Å²) in [4.78, 5) is 36.0. The van der Waals surface area contributed by atoms with E-state index in [4.69, 9.17) is 0 Å². The molecule has 6 heteroatoms. The van der Waals surface area contributed by atoms with Gasteiger partial charge in [-0.25, -0.2) is 14.4 Å². The lowest BCUT2D eigenvalue weighted by Gasteiger charge is -2.18. The lowest BCUT2D eigenvalue weighted by molar-refractivity contribution is 0.0647. The Balaban J connectivity index is 2.99. The Morgan fingerprint density at radius 1 is 0.514 bits per heavy atom. The number of carbonyl (C=O) groups is 3. The summed E-state index contributed by atoms with van der Waals surface area (Å²) in [5.41, 5.74) is 0.187. The second kappa shape index (κ2) is 18.0. The summed E-state index contributed by atoms with van der Waals surface area (Å²) in [5.74, 6) is -3.90. The molecule has 0 fully saturated rings. The van der Waals surface area contributed by atoms with Crippen LogP contribution in [0, 0.1) is 0 Å². The van der Waals surface area contributed by atoms with Gasteiger partial charge < -0.3 is 15.3 Å². The summed E-state index contributed by atoms with van der Waals surface area (Å²) < 4.78 is 0. The molecule has 0 saturated carbocycles. The second-order valence-corrected chi connectivity index (χ2v) is 9.67. The molecular formula is C29H46O6. The summed E-state index contributed by atoms with van der Waals surface area (Å²) in [6.07, 6.45) is 18.4. The largest absolute Gasteiger partial charge is 0.478 e. The van der Waals surface area contributed by atoms with E-state index in [9.17, 15) is 29.7 Å². The number of benzene rings is 1. The predicted molar refractivity (Wildman–Crippen MR) is 140 cm³/mol. The van der Waals surface area contributed by atoms with E-state index in [1.54, 1.807) is 0 Å². The normalized spacial score (nSPS) is 11.0. The summed E-state index contributed by atoms with van der Waals surface area (Å²) >= 11 is 0. The number of hydrogen-bond acceptors (Lipinski definition) is 3. The highest BCUT2D eigenvalue weighted by molar-refractivity contribution is 6.05. The van der Waals surface area contributed by atoms with Crippen molar-refractivity contribution < 1.29 is 29.7 Å². The summed E-state index contributed by atoms with van der Waals surface area (Å²) in [7, 11) is 0. The van der Waals surface area contributed by atoms with Gasteiger partial charge in [0.05, 0.1) is 16.7 Å². The average Bonchev–Trinajstić information content (AvgIpc) is 2.81. The Hall–Kier alpha value is -2.37. The molecule has 0 radical (unpaired) electrons. The summed E-state index contributed by atoms with van der Waals surface area (Å²) in [5, 5.41) is 29.3. The minimum Gasteiger partial charge on any atom is -0.478 e. The lowest BCUT2D eigenvalue weighted by atomic mass is 9.85. The van der Waals surface area contributed by atoms with Gasteiger partial charge in [0.25, 0.3) is 0 Å². The average molecular weight is 491 g/mol. The van der Waals surface area contributed by atoms with Crippen molar-refractivity contribution in [1.29, 1.82) is 0 Å². The van der Waals surface area contributed by atoms with Crippen LogP contribution in [0.1, 0.15) is 159 Å². The van der Waals surface area contributed by atoms with Crippen molar-refractivity contribution in [2.45, 2.75) is 129 Å². The van der Waals surface area contributed by atoms with E-state index in [-0.39, 0.29) is 11.1 Å². The molecule has 35 heavy (non-hydrogen) atoms. The molecule has 0 amide bonds. The van der Waals surface area contributed by atoms with Gasteiger partial charge in [0.2, 0.25) is 0 Å². The van der Waals surface area contributed by atoms with Crippen molar-refractivity contribution in [1.82, 2.24) is 0 Å². The molecule has 3 N–H and O–H groups in total. The van der Waals surface area contributed by atoms with Crippen LogP contribution in [-0.2, 0) is 12.8 Å². The van der Waals surface area contributed by atoms with Crippen LogP contribution in [0.4, 0.5) is 0 Å². The minimum atomic E-state index is -1.40. The third kappa shape index (κ3) is 11.3. The van der Waals surface area contributed by atoms with Crippen LogP contribution in [0.2, 0.25) is 0 Å². The molecule has 6 nitrogen and oxygen atoms in total. The molecule has 0 unspecified atom stereocenters. The number of unbranched alkanes of at least 4 members (excludes halogenated alkanes) is 14. The van der Waals surface area contributed by atoms with Crippen LogP contribution < -0.4 is 0 Å². The number of rotatable bonds is 21. The van der Waals surface area contributed by atoms with Crippen molar-refractivity contribution in [2.24, 2.45) is 0 Å². The molecule has 0 spiro atoms. The second-order valence-electron chi connectivity index (χ2n) is 9.67. The van der Waals surface area contributed by atoms with Gasteiger partial charge in [0.1, 0.15) is 0 Å². The molecule has 1 aromatic carbocycles. The fourth-order valence-corrected chi connectivity index (χ4v) is 4.82. The Labute approximate surface area is 211 Å². The zero-order valence-corrected chi connectivity index (χ0v) is 21.9. The van der Waals surface area contributed by atoms with E-state index in [2.05, 4.69) is 13.8 Å². The van der Waals surface area contributed by atoms with E-state index in [1.165, 1.54) is 51.4 Å². The standard InChI is InChI=1S/C29H46O6/c1-3-5-7-9-11-13-15-17-19-22-23(20-18-16-14-12-10-8-6-4-2)26(29(34)35)25(28(32)33)21-24(22)27(30)31/h21H,3-20H2,1-2H3,(H,30,31)(H,32,33)(H,34,35). The smallest absolute Gasteiger partial charge is 0.336 e. The first-order valence-electron chi connectivity index (χ1n) is 13.7. The van der Waals surface area contributed by atoms with Gasteiger partial charge in [0.15, 0.2) is 0 Å². The first kappa shape index (κ1) is 30.7. The molecule has 0 bridgehead atoms. The molecular weight excluding hydrogens is 444 g/mol. The van der Waals surface area contributed by atoms with Crippen LogP contribution in [0.15, 0.2) is 6.07 Å². The zero-order valence-electron chi connectivity index (χ0n) is 21.9. The Morgan fingerprint density at radius 2 is 0.886 bits per heavy atom. The Kier molecular flexibility index (Phi) is 15.7. The molecule has 0 saturated heterocycles. The maximum absolute atomic E-state index is 12.1. The number of carboxylic acid groups (broad SMARTS) is 3. The monoisotopic (exact) mass is 490 g/mol. The van der Waals surface area contributed by atoms with Gasteiger partial charge in [-0.1, -0.05) is 104 Å². The first-order chi connectivity index (χ1) is 16.8. The fourth-order valence-electron chi connectivity index (χ4n) is 4.82. The van der Waals surface area contributed by atoms with Crippen molar-refractivity contribution in [3.8, 4) is 0 Å². The van der Waals surface area contributed by atoms with E-state index in [0.717, 1.165) is 57.4 Å². The van der Waals surface area contributed by atoms with Crippen molar-refractivity contribution in [3.05, 3.63) is 33.9 Å². The molecule has 1 rings (SSSR count). The molecule has 0 aromatic heterocycles. The van der Waals surface area contributed by atoms with Crippen LogP contribution in [0.3, 0.4) is 0 Å². The van der Waals surface area contributed by atoms with E-state index >= 15 is 0 Å². The van der Waals surface area contributed by atoms with Gasteiger partial charge in [0, 0.05) is 0 Å². The van der Waals surface area contributed by atoms with E-state index < -0.39 is 23.5 Å². The van der Waals surface area contributed by atoms with Gasteiger partial charge in [-0.2, -0.15) is 0 Å². The molecule has 0 aliphatic rings. The summed E-state index contributed by atoms with van der Waals surface area (Å²) in [6, 6.07) is 1.05. The minimum absolute atomic E-state index is 0.0649. The highest BCUT2D eigenvalue weighted by atomic mass is 16.4. The highest BCUT2D eigenvalue weighted by Gasteiger charge is 2.27. The Bertz CT molecular complexity index is 799. The molecule has 0 aliphatic heterocycles. The highest BCUT2D eigenvalue weighted by Crippen LogP contribution is 2.28. The number of carboxylic acids is 3. The maximum Gasteiger partial charge on any atom is 0.336 e. The van der Waals surface area contributed by atoms with Gasteiger partial charge in [-0.3, -0.25) is 0 Å². The Morgan fingerprint density at radius 3 is 1.26 bits per heavy atom. The third-order valence-corrected chi connectivity index (χ3v) is 6.78. The topological polar surface area (TPSA) is 112 Å². The third-order valence-electron chi connectivity index (χ3n) is 6.78. The molecule has 0 heterocycles. The first-order valence-corrected chi connectivity index (χ1v) is 13.7. The van der Waals surface area contributed by atoms with Gasteiger partial charge in [-0.05, 0) is 42.9 Å². The predicted octanol–water partition coefficient (Wildman–Crippen LogP) is 8.15. The lowest BCUT2D eigenvalue weighted by Crippen LogP contribution is -2.18. The SMILES string of the molecule is CCCCCCCCCCc1c(C(=O)O)cc(C(=O)O)c(C(=O)O)c1CCCCCCCCCC.